The average Bonchev–Trinajstić information content (AvgIpc) is 2.19. The predicted molar refractivity (Wildman–Crippen MR) is 386 cm³/mol. The third kappa shape index (κ3) is 34.7. The fourth-order valence-corrected chi connectivity index (χ4v) is 10.1. The Morgan fingerprint density at radius 1 is 0.484 bits per heavy atom. The molecule has 0 aliphatic carbocycles. The van der Waals surface area contributed by atoms with E-state index in [1.807, 2.05) is 97.6 Å². The summed E-state index contributed by atoms with van der Waals surface area (Å²) in [6.07, 6.45) is 26.2. The van der Waals surface area contributed by atoms with Gasteiger partial charge in [-0.25, -0.2) is 14.2 Å². The number of rotatable bonds is 22. The molecule has 0 bridgehead atoms. The van der Waals surface area contributed by atoms with Crippen LogP contribution in [0.2, 0.25) is 0 Å². The van der Waals surface area contributed by atoms with E-state index in [1.165, 1.54) is 68.8 Å². The lowest BCUT2D eigenvalue weighted by Gasteiger charge is -2.31. The molecule has 2 fully saturated rings. The molecule has 24 heteroatoms. The number of pyridine rings is 7. The van der Waals surface area contributed by atoms with Gasteiger partial charge in [0, 0.05) is 115 Å². The largest absolute Gasteiger partial charge is 0.479 e. The van der Waals surface area contributed by atoms with Crippen LogP contribution in [0.3, 0.4) is 0 Å². The summed E-state index contributed by atoms with van der Waals surface area (Å²) < 4.78 is 2.14. The number of piperidine rings is 2. The average molecular weight is 1480 g/mol. The molecule has 2 unspecified atom stereocenters. The molecule has 7 aromatic heterocycles. The Hall–Kier alpha value is -6.23. The van der Waals surface area contributed by atoms with Crippen molar-refractivity contribution >= 4 is 67.4 Å². The molecule has 0 radical (unpaired) electrons. The third-order valence-corrected chi connectivity index (χ3v) is 15.5. The summed E-state index contributed by atoms with van der Waals surface area (Å²) in [6, 6.07) is 38.4. The van der Waals surface area contributed by atoms with E-state index in [0.717, 1.165) is 144 Å². The Kier molecular flexibility index (Phi) is 46.4. The highest BCUT2D eigenvalue weighted by molar-refractivity contribution is 9.09. The summed E-state index contributed by atoms with van der Waals surface area (Å²) in [7, 11) is 0. The van der Waals surface area contributed by atoms with Crippen LogP contribution in [-0.4, -0.2) is 186 Å². The number of aliphatic hydroxyl groups excluding tert-OH is 2. The first-order valence-electron chi connectivity index (χ1n) is 31.6. The number of aliphatic hydroxyl groups is 2. The van der Waals surface area contributed by atoms with E-state index in [-0.39, 0.29) is 34.0 Å². The smallest absolute Gasteiger partial charge is 0.335 e. The lowest BCUT2D eigenvalue weighted by atomic mass is 9.93. The van der Waals surface area contributed by atoms with Gasteiger partial charge in [0.15, 0.2) is 24.6 Å². The van der Waals surface area contributed by atoms with Gasteiger partial charge in [-0.2, -0.15) is 0 Å². The molecule has 0 aromatic carbocycles. The Labute approximate surface area is 580 Å². The summed E-state index contributed by atoms with van der Waals surface area (Å²) >= 11 is 3.23. The SMILES string of the molecule is Br.Br.NCCCBr.NCCCN1CC=C(c2ccccn2)CC1.NCCCN1CCC(c2ccccn2)CC1.NCCCN1CCC(c2ccccn2)CC1.NCCC[n+]1ccc(-c2ccccn2)cc1.O=C(O)C(O)C(O)C(=O)O.c1ccc(-c2ccncc2)nc1. The van der Waals surface area contributed by atoms with Crippen molar-refractivity contribution in [3.8, 4) is 22.5 Å². The highest BCUT2D eigenvalue weighted by Crippen LogP contribution is 2.28. The summed E-state index contributed by atoms with van der Waals surface area (Å²) in [4.78, 5) is 52.8. The molecular formula is C69H101Br3N15O6+. The zero-order valence-electron chi connectivity index (χ0n) is 53.6. The maximum absolute atomic E-state index is 9.77. The van der Waals surface area contributed by atoms with Gasteiger partial charge >= 0.3 is 11.9 Å². The fourth-order valence-electron chi connectivity index (χ4n) is 9.77. The Morgan fingerprint density at radius 3 is 1.20 bits per heavy atom. The molecule has 0 saturated carbocycles. The van der Waals surface area contributed by atoms with Crippen molar-refractivity contribution < 1.29 is 34.6 Å². The van der Waals surface area contributed by atoms with Crippen molar-refractivity contribution in [1.29, 1.82) is 0 Å². The number of aryl methyl sites for hydroxylation is 1. The van der Waals surface area contributed by atoms with Crippen LogP contribution in [0.4, 0.5) is 0 Å². The minimum atomic E-state index is -2.27. The summed E-state index contributed by atoms with van der Waals surface area (Å²) in [5.74, 6) is -2.21. The van der Waals surface area contributed by atoms with E-state index < -0.39 is 24.1 Å². The van der Waals surface area contributed by atoms with Crippen molar-refractivity contribution in [3.05, 3.63) is 194 Å². The van der Waals surface area contributed by atoms with Crippen LogP contribution in [0.5, 0.6) is 0 Å². The van der Waals surface area contributed by atoms with Gasteiger partial charge in [-0.15, -0.1) is 34.0 Å². The zero-order chi connectivity index (χ0) is 65.5. The zero-order valence-corrected chi connectivity index (χ0v) is 58.6. The van der Waals surface area contributed by atoms with Gasteiger partial charge in [0.05, 0.1) is 17.1 Å². The molecule has 0 amide bonds. The molecule has 93 heavy (non-hydrogen) atoms. The summed E-state index contributed by atoms with van der Waals surface area (Å²) in [5, 5.41) is 33.6. The number of hydrogen-bond donors (Lipinski definition) is 9. The van der Waals surface area contributed by atoms with Crippen LogP contribution in [0.15, 0.2) is 177 Å². The van der Waals surface area contributed by atoms with E-state index in [4.69, 9.17) is 49.1 Å². The van der Waals surface area contributed by atoms with Crippen LogP contribution < -0.4 is 33.2 Å². The standard InChI is InChI=1S/2C13H21N3.C13H19N3.C13H16N3.C10H8N2.C4H6O6.C3H8BrN.2BrH/c4*14-7-3-9-16-10-5-12(6-11-16)13-4-1-2-8-15-13;1-2-6-12-10(3-1)9-4-7-11-8-5-9;5-1(3(7)8)2(6)4(9)10;4-2-1-3-5;;/h2*1-2,4,8,12H,3,5-7,9-11,14H2;1-2,4-5,8H,3,6-7,9-11,14H2;1-2,4-6,8,10-11H,3,7,9,14H2;1-8H;1-2,5-6H,(H,7,8)(H,9,10);1-3,5H2;2*1H/q;;;+1;;;;;. The Morgan fingerprint density at radius 2 is 0.871 bits per heavy atom. The van der Waals surface area contributed by atoms with E-state index in [0.29, 0.717) is 11.8 Å². The Bertz CT molecular complexity index is 2830. The highest BCUT2D eigenvalue weighted by atomic mass is 79.9. The van der Waals surface area contributed by atoms with Gasteiger partial charge in [0.2, 0.25) is 0 Å². The van der Waals surface area contributed by atoms with Gasteiger partial charge in [-0.05, 0) is 215 Å². The minimum absolute atomic E-state index is 0. The number of likely N-dealkylation sites (tertiary alicyclic amines) is 2. The number of aliphatic carboxylic acids is 2. The van der Waals surface area contributed by atoms with Gasteiger partial charge in [0.25, 0.3) is 0 Å². The topological polar surface area (TPSA) is 336 Å². The van der Waals surface area contributed by atoms with Crippen molar-refractivity contribution in [1.82, 2.24) is 44.6 Å². The van der Waals surface area contributed by atoms with Crippen molar-refractivity contribution in [2.45, 2.75) is 94.8 Å². The lowest BCUT2D eigenvalue weighted by molar-refractivity contribution is -0.697. The first-order valence-corrected chi connectivity index (χ1v) is 32.8. The second kappa shape index (κ2) is 52.1. The number of halogens is 3. The predicted octanol–water partition coefficient (Wildman–Crippen LogP) is 8.03. The van der Waals surface area contributed by atoms with Crippen LogP contribution >= 0.6 is 49.9 Å². The summed E-state index contributed by atoms with van der Waals surface area (Å²) in [5.41, 5.74) is 36.4. The van der Waals surface area contributed by atoms with E-state index in [2.05, 4.69) is 126 Å². The summed E-state index contributed by atoms with van der Waals surface area (Å²) in [6.45, 7) is 15.3. The van der Waals surface area contributed by atoms with Gasteiger partial charge < -0.3 is 58.9 Å². The molecule has 10 rings (SSSR count). The monoisotopic (exact) mass is 1470 g/mol. The van der Waals surface area contributed by atoms with Crippen molar-refractivity contribution in [2.75, 3.05) is 97.0 Å². The number of hydrogen-bond acceptors (Lipinski definition) is 18. The molecule has 21 nitrogen and oxygen atoms in total. The van der Waals surface area contributed by atoms with E-state index in [9.17, 15) is 9.59 Å². The number of nitrogens with zero attached hydrogens (tertiary/aromatic N) is 10. The van der Waals surface area contributed by atoms with Crippen LogP contribution in [0, 0.1) is 0 Å². The molecule has 3 aliphatic heterocycles. The second-order valence-electron chi connectivity index (χ2n) is 21.7. The first kappa shape index (κ1) is 82.9. The maximum Gasteiger partial charge on any atom is 0.335 e. The number of nitrogens with two attached hydrogens (primary N) is 5. The molecule has 2 atom stereocenters. The number of carboxylic acids is 2. The number of carbonyl (C=O) groups is 2. The van der Waals surface area contributed by atoms with Crippen LogP contribution in [-0.2, 0) is 16.1 Å². The molecule has 10 heterocycles. The van der Waals surface area contributed by atoms with Gasteiger partial charge in [-0.3, -0.25) is 34.8 Å². The number of carboxylic acid groups (broad SMARTS) is 2. The highest BCUT2D eigenvalue weighted by Gasteiger charge is 2.29. The number of alkyl halides is 1. The Balaban J connectivity index is 0.000000375. The molecular weight excluding hydrogens is 1370 g/mol. The van der Waals surface area contributed by atoms with Gasteiger partial charge in [-0.1, -0.05) is 52.3 Å². The molecule has 508 valence electrons. The second-order valence-corrected chi connectivity index (χ2v) is 22.5. The minimum Gasteiger partial charge on any atom is -0.479 e. The maximum atomic E-state index is 9.77. The molecule has 3 aliphatic rings. The number of aromatic nitrogens is 7. The van der Waals surface area contributed by atoms with Crippen LogP contribution in [0.25, 0.3) is 28.1 Å². The molecule has 2 saturated heterocycles. The third-order valence-electron chi connectivity index (χ3n) is 15.0. The van der Waals surface area contributed by atoms with E-state index in [1.54, 1.807) is 18.6 Å². The quantitative estimate of drug-likeness (QED) is 0.0229. The van der Waals surface area contributed by atoms with Crippen LogP contribution in [0.1, 0.15) is 93.1 Å². The fraction of sp³-hybridized carbons (Fsp3) is 0.435. The van der Waals surface area contributed by atoms with Crippen molar-refractivity contribution in [3.63, 3.8) is 0 Å². The first-order chi connectivity index (χ1) is 44.4. The molecule has 14 N–H and O–H groups in total. The van der Waals surface area contributed by atoms with E-state index >= 15 is 0 Å². The normalized spacial score (nSPS) is 14.6. The molecule has 7 aromatic rings. The van der Waals surface area contributed by atoms with Crippen molar-refractivity contribution in [2.24, 2.45) is 28.7 Å². The molecule has 0 spiro atoms. The van der Waals surface area contributed by atoms with Gasteiger partial charge in [0.1, 0.15) is 6.54 Å². The lowest BCUT2D eigenvalue weighted by Crippen LogP contribution is -2.39.